The summed E-state index contributed by atoms with van der Waals surface area (Å²) >= 11 is 0. The third kappa shape index (κ3) is 2.59. The molecule has 1 atom stereocenters. The summed E-state index contributed by atoms with van der Waals surface area (Å²) in [5, 5.41) is 10.9. The highest BCUT2D eigenvalue weighted by Gasteiger charge is 2.40. The molecular weight excluding hydrogens is 291 g/mol. The van der Waals surface area contributed by atoms with Crippen molar-refractivity contribution < 1.29 is 17.9 Å². The van der Waals surface area contributed by atoms with E-state index >= 15 is 0 Å². The van der Waals surface area contributed by atoms with Crippen LogP contribution in [0.4, 0.5) is 4.39 Å². The third-order valence-corrected chi connectivity index (χ3v) is 5.69. The molecule has 3 nitrogen and oxygen atoms in total. The summed E-state index contributed by atoms with van der Waals surface area (Å²) in [6, 6.07) is 12.4. The number of hydrogen-bond donors (Lipinski definition) is 1. The molecule has 1 aliphatic heterocycles. The van der Waals surface area contributed by atoms with Gasteiger partial charge in [-0.2, -0.15) is 0 Å². The van der Waals surface area contributed by atoms with E-state index in [0.29, 0.717) is 5.56 Å². The van der Waals surface area contributed by atoms with Crippen LogP contribution in [0.25, 0.3) is 0 Å². The lowest BCUT2D eigenvalue weighted by atomic mass is 9.84. The van der Waals surface area contributed by atoms with Gasteiger partial charge in [-0.15, -0.1) is 0 Å². The molecule has 0 aliphatic carbocycles. The lowest BCUT2D eigenvalue weighted by molar-refractivity contribution is 0.0283. The van der Waals surface area contributed by atoms with Crippen molar-refractivity contribution in [1.29, 1.82) is 0 Å². The van der Waals surface area contributed by atoms with Gasteiger partial charge in [-0.25, -0.2) is 12.8 Å². The largest absolute Gasteiger partial charge is 0.385 e. The molecule has 0 saturated carbocycles. The average molecular weight is 306 g/mol. The van der Waals surface area contributed by atoms with Gasteiger partial charge in [0.15, 0.2) is 9.84 Å². The van der Waals surface area contributed by atoms with Gasteiger partial charge in [-0.1, -0.05) is 30.3 Å². The topological polar surface area (TPSA) is 54.4 Å². The Hall–Kier alpha value is -1.72. The van der Waals surface area contributed by atoms with Gasteiger partial charge in [0.1, 0.15) is 5.82 Å². The Morgan fingerprint density at radius 1 is 1.10 bits per heavy atom. The van der Waals surface area contributed by atoms with Gasteiger partial charge in [0.05, 0.1) is 16.2 Å². The standard InChI is InChI=1S/C16H15FO3S/c17-13-7-5-12(6-8-13)11-16(18)9-10-21(19,20)15-4-2-1-3-14(15)16/h1-8,18H,9-11H2. The van der Waals surface area contributed by atoms with Crippen LogP contribution in [-0.2, 0) is 21.9 Å². The summed E-state index contributed by atoms with van der Waals surface area (Å²) in [4.78, 5) is 0.195. The minimum Gasteiger partial charge on any atom is -0.385 e. The second-order valence-electron chi connectivity index (χ2n) is 5.40. The summed E-state index contributed by atoms with van der Waals surface area (Å²) in [5.74, 6) is -0.417. The molecule has 3 rings (SSSR count). The van der Waals surface area contributed by atoms with E-state index in [1.807, 2.05) is 0 Å². The maximum atomic E-state index is 13.0. The highest BCUT2D eigenvalue weighted by atomic mass is 32.2. The molecule has 110 valence electrons. The fraction of sp³-hybridized carbons (Fsp3) is 0.250. The van der Waals surface area contributed by atoms with Crippen molar-refractivity contribution in [2.24, 2.45) is 0 Å². The van der Waals surface area contributed by atoms with Gasteiger partial charge < -0.3 is 5.11 Å². The predicted molar refractivity (Wildman–Crippen MR) is 77.1 cm³/mol. The number of benzene rings is 2. The van der Waals surface area contributed by atoms with Crippen LogP contribution in [0.1, 0.15) is 17.5 Å². The van der Waals surface area contributed by atoms with Gasteiger partial charge in [0, 0.05) is 12.0 Å². The number of rotatable bonds is 2. The minimum absolute atomic E-state index is 0.0816. The van der Waals surface area contributed by atoms with Crippen molar-refractivity contribution in [3.05, 3.63) is 65.5 Å². The maximum Gasteiger partial charge on any atom is 0.178 e. The summed E-state index contributed by atoms with van der Waals surface area (Å²) in [6.45, 7) is 0. The molecular formula is C16H15FO3S. The molecule has 0 radical (unpaired) electrons. The summed E-state index contributed by atoms with van der Waals surface area (Å²) in [5.41, 5.74) is -0.0340. The summed E-state index contributed by atoms with van der Waals surface area (Å²) < 4.78 is 37.2. The highest BCUT2D eigenvalue weighted by Crippen LogP contribution is 2.39. The van der Waals surface area contributed by atoms with E-state index in [-0.39, 0.29) is 29.3 Å². The van der Waals surface area contributed by atoms with Gasteiger partial charge >= 0.3 is 0 Å². The fourth-order valence-corrected chi connectivity index (χ4v) is 4.50. The zero-order valence-electron chi connectivity index (χ0n) is 11.3. The molecule has 21 heavy (non-hydrogen) atoms. The quantitative estimate of drug-likeness (QED) is 0.927. The van der Waals surface area contributed by atoms with Crippen molar-refractivity contribution in [1.82, 2.24) is 0 Å². The van der Waals surface area contributed by atoms with Crippen LogP contribution in [0, 0.1) is 5.82 Å². The van der Waals surface area contributed by atoms with E-state index in [2.05, 4.69) is 0 Å². The van der Waals surface area contributed by atoms with E-state index in [9.17, 15) is 17.9 Å². The first-order chi connectivity index (χ1) is 9.91. The Bertz CT molecular complexity index is 768. The van der Waals surface area contributed by atoms with Crippen LogP contribution in [0.5, 0.6) is 0 Å². The first kappa shape index (κ1) is 14.2. The number of hydrogen-bond acceptors (Lipinski definition) is 3. The Morgan fingerprint density at radius 2 is 1.76 bits per heavy atom. The third-order valence-electron chi connectivity index (χ3n) is 3.92. The smallest absolute Gasteiger partial charge is 0.178 e. The van der Waals surface area contributed by atoms with Gasteiger partial charge in [-0.3, -0.25) is 0 Å². The Labute approximate surface area is 123 Å². The summed E-state index contributed by atoms with van der Waals surface area (Å²) in [6.07, 6.45) is 0.406. The van der Waals surface area contributed by atoms with E-state index in [4.69, 9.17) is 0 Å². The molecule has 5 heteroatoms. The molecule has 0 aromatic heterocycles. The molecule has 0 spiro atoms. The molecule has 0 amide bonds. The maximum absolute atomic E-state index is 13.0. The second kappa shape index (κ2) is 4.93. The number of aliphatic hydroxyl groups is 1. The van der Waals surface area contributed by atoms with Crippen molar-refractivity contribution in [3.8, 4) is 0 Å². The van der Waals surface area contributed by atoms with Gasteiger partial charge in [0.2, 0.25) is 0 Å². The molecule has 2 aromatic carbocycles. The normalized spacial score (nSPS) is 23.5. The van der Waals surface area contributed by atoms with Crippen LogP contribution in [-0.4, -0.2) is 19.3 Å². The monoisotopic (exact) mass is 306 g/mol. The van der Waals surface area contributed by atoms with E-state index in [1.165, 1.54) is 18.2 Å². The Morgan fingerprint density at radius 3 is 2.48 bits per heavy atom. The van der Waals surface area contributed by atoms with Gasteiger partial charge in [0.25, 0.3) is 0 Å². The van der Waals surface area contributed by atoms with E-state index in [0.717, 1.165) is 5.56 Å². The van der Waals surface area contributed by atoms with Crippen LogP contribution in [0.3, 0.4) is 0 Å². The Kier molecular flexibility index (Phi) is 3.34. The van der Waals surface area contributed by atoms with Crippen LogP contribution < -0.4 is 0 Å². The van der Waals surface area contributed by atoms with Crippen molar-refractivity contribution in [2.45, 2.75) is 23.3 Å². The zero-order valence-corrected chi connectivity index (χ0v) is 12.1. The van der Waals surface area contributed by atoms with Crippen molar-refractivity contribution >= 4 is 9.84 Å². The first-order valence-corrected chi connectivity index (χ1v) is 8.35. The molecule has 0 fully saturated rings. The second-order valence-corrected chi connectivity index (χ2v) is 7.48. The Balaban J connectivity index is 2.04. The van der Waals surface area contributed by atoms with E-state index in [1.54, 1.807) is 30.3 Å². The van der Waals surface area contributed by atoms with Gasteiger partial charge in [-0.05, 0) is 30.2 Å². The molecule has 1 unspecified atom stereocenters. The number of sulfone groups is 1. The predicted octanol–water partition coefficient (Wildman–Crippen LogP) is 2.43. The minimum atomic E-state index is -3.33. The van der Waals surface area contributed by atoms with E-state index < -0.39 is 15.4 Å². The zero-order chi connectivity index (χ0) is 15.1. The van der Waals surface area contributed by atoms with Crippen LogP contribution in [0.15, 0.2) is 53.4 Å². The molecule has 1 heterocycles. The molecule has 1 N–H and O–H groups in total. The van der Waals surface area contributed by atoms with Crippen molar-refractivity contribution in [3.63, 3.8) is 0 Å². The van der Waals surface area contributed by atoms with Crippen LogP contribution >= 0.6 is 0 Å². The fourth-order valence-electron chi connectivity index (χ4n) is 2.79. The number of fused-ring (bicyclic) bond motifs is 1. The lowest BCUT2D eigenvalue weighted by Crippen LogP contribution is -2.37. The van der Waals surface area contributed by atoms with Crippen molar-refractivity contribution in [2.75, 3.05) is 5.75 Å². The highest BCUT2D eigenvalue weighted by molar-refractivity contribution is 7.91. The molecule has 2 aromatic rings. The van der Waals surface area contributed by atoms with Crippen LogP contribution in [0.2, 0.25) is 0 Å². The average Bonchev–Trinajstić information content (AvgIpc) is 2.47. The molecule has 0 bridgehead atoms. The first-order valence-electron chi connectivity index (χ1n) is 6.70. The summed E-state index contributed by atoms with van der Waals surface area (Å²) in [7, 11) is -3.33. The lowest BCUT2D eigenvalue weighted by Gasteiger charge is -2.34. The number of halogens is 1. The molecule has 0 saturated heterocycles. The molecule has 1 aliphatic rings. The SMILES string of the molecule is O=S1(=O)CCC(O)(Cc2ccc(F)cc2)c2ccccc21.